The van der Waals surface area contributed by atoms with Crippen LogP contribution in [-0.4, -0.2) is 39.7 Å². The van der Waals surface area contributed by atoms with Crippen LogP contribution in [0.5, 0.6) is 0 Å². The first-order valence-corrected chi connectivity index (χ1v) is 5.30. The van der Waals surface area contributed by atoms with E-state index < -0.39 is 6.10 Å². The van der Waals surface area contributed by atoms with Crippen molar-refractivity contribution in [2.45, 2.75) is 6.10 Å². The van der Waals surface area contributed by atoms with E-state index in [1.54, 1.807) is 6.20 Å². The summed E-state index contributed by atoms with van der Waals surface area (Å²) in [5, 5.41) is 13.7. The fraction of sp³-hybridized carbons (Fsp3) is 0.400. The van der Waals surface area contributed by atoms with E-state index in [4.69, 9.17) is 12.2 Å². The molecule has 2 N–H and O–H groups in total. The van der Waals surface area contributed by atoms with Gasteiger partial charge in [0.25, 0.3) is 0 Å². The van der Waals surface area contributed by atoms with Gasteiger partial charge in [0.2, 0.25) is 0 Å². The van der Waals surface area contributed by atoms with Crippen LogP contribution in [0.15, 0.2) is 24.4 Å². The van der Waals surface area contributed by atoms with Gasteiger partial charge in [-0.3, -0.25) is 4.98 Å². The zero-order chi connectivity index (χ0) is 10.7. The van der Waals surface area contributed by atoms with Gasteiger partial charge in [-0.25, -0.2) is 0 Å². The summed E-state index contributed by atoms with van der Waals surface area (Å²) in [6, 6.07) is 5.52. The maximum absolute atomic E-state index is 9.91. The lowest BCUT2D eigenvalue weighted by Gasteiger charge is -2.20. The Hall–Kier alpha value is -1.20. The van der Waals surface area contributed by atoms with Crippen molar-refractivity contribution in [3.05, 3.63) is 30.1 Å². The summed E-state index contributed by atoms with van der Waals surface area (Å²) in [5.41, 5.74) is 0.687. The van der Waals surface area contributed by atoms with Crippen molar-refractivity contribution in [1.29, 1.82) is 0 Å². The van der Waals surface area contributed by atoms with Gasteiger partial charge in [-0.05, 0) is 24.4 Å². The topological polar surface area (TPSA) is 48.4 Å². The SMILES string of the molecule is OC(CN1CCNC1=S)c1ccccn1. The largest absolute Gasteiger partial charge is 0.385 e. The molecule has 15 heavy (non-hydrogen) atoms. The Morgan fingerprint density at radius 3 is 3.07 bits per heavy atom. The van der Waals surface area contributed by atoms with Crippen LogP contribution >= 0.6 is 12.2 Å². The third-order valence-corrected chi connectivity index (χ3v) is 2.77. The van der Waals surface area contributed by atoms with Gasteiger partial charge in [0.1, 0.15) is 6.10 Å². The van der Waals surface area contributed by atoms with Gasteiger partial charge < -0.3 is 15.3 Å². The van der Waals surface area contributed by atoms with E-state index in [1.807, 2.05) is 23.1 Å². The van der Waals surface area contributed by atoms with E-state index in [0.717, 1.165) is 13.1 Å². The number of β-amino-alcohol motifs (C(OH)–C–C–N with tert-alkyl or cyclic N) is 1. The predicted molar refractivity (Wildman–Crippen MR) is 61.4 cm³/mol. The number of rotatable bonds is 3. The molecule has 1 saturated heterocycles. The second kappa shape index (κ2) is 4.55. The average molecular weight is 223 g/mol. The molecule has 4 nitrogen and oxygen atoms in total. The Balaban J connectivity index is 1.98. The average Bonchev–Trinajstić information content (AvgIpc) is 2.66. The number of thiocarbonyl (C=S) groups is 1. The van der Waals surface area contributed by atoms with Crippen LogP contribution in [0.2, 0.25) is 0 Å². The summed E-state index contributed by atoms with van der Waals surface area (Å²) in [4.78, 5) is 6.06. The molecule has 1 unspecified atom stereocenters. The molecule has 0 bridgehead atoms. The molecule has 1 aromatic heterocycles. The molecule has 0 spiro atoms. The Morgan fingerprint density at radius 1 is 1.60 bits per heavy atom. The predicted octanol–water partition coefficient (Wildman–Crippen LogP) is 0.305. The molecule has 0 aromatic carbocycles. The number of hydrogen-bond donors (Lipinski definition) is 2. The lowest BCUT2D eigenvalue weighted by atomic mass is 10.2. The lowest BCUT2D eigenvalue weighted by Crippen LogP contribution is -2.32. The minimum Gasteiger partial charge on any atom is -0.385 e. The molecule has 1 aliphatic rings. The zero-order valence-electron chi connectivity index (χ0n) is 8.26. The van der Waals surface area contributed by atoms with Crippen LogP contribution < -0.4 is 5.32 Å². The van der Waals surface area contributed by atoms with Crippen molar-refractivity contribution in [3.63, 3.8) is 0 Å². The number of nitrogens with zero attached hydrogens (tertiary/aromatic N) is 2. The molecule has 5 heteroatoms. The van der Waals surface area contributed by atoms with Crippen LogP contribution in [0.4, 0.5) is 0 Å². The molecule has 1 aliphatic heterocycles. The molecule has 0 radical (unpaired) electrons. The van der Waals surface area contributed by atoms with E-state index in [2.05, 4.69) is 10.3 Å². The zero-order valence-corrected chi connectivity index (χ0v) is 9.07. The van der Waals surface area contributed by atoms with Crippen LogP contribution in [0.25, 0.3) is 0 Å². The van der Waals surface area contributed by atoms with E-state index in [1.165, 1.54) is 0 Å². The highest BCUT2D eigenvalue weighted by Crippen LogP contribution is 2.12. The molecule has 2 heterocycles. The minimum atomic E-state index is -0.580. The number of aromatic nitrogens is 1. The number of pyridine rings is 1. The standard InChI is InChI=1S/C10H13N3OS/c14-9(8-3-1-2-4-11-8)7-13-6-5-12-10(13)15/h1-4,9,14H,5-7H2,(H,12,15). The van der Waals surface area contributed by atoms with Crippen molar-refractivity contribution in [2.75, 3.05) is 19.6 Å². The van der Waals surface area contributed by atoms with Crippen LogP contribution in [0.1, 0.15) is 11.8 Å². The van der Waals surface area contributed by atoms with Gasteiger partial charge >= 0.3 is 0 Å². The van der Waals surface area contributed by atoms with Gasteiger partial charge in [0.05, 0.1) is 12.2 Å². The van der Waals surface area contributed by atoms with Gasteiger partial charge in [-0.1, -0.05) is 6.07 Å². The molecule has 1 aromatic rings. The fourth-order valence-electron chi connectivity index (χ4n) is 1.56. The highest BCUT2D eigenvalue weighted by atomic mass is 32.1. The second-order valence-electron chi connectivity index (χ2n) is 3.45. The fourth-order valence-corrected chi connectivity index (χ4v) is 1.83. The quantitative estimate of drug-likeness (QED) is 0.722. The maximum atomic E-state index is 9.91. The second-order valence-corrected chi connectivity index (χ2v) is 3.84. The summed E-state index contributed by atoms with van der Waals surface area (Å²) < 4.78 is 0. The molecule has 0 amide bonds. The van der Waals surface area contributed by atoms with Crippen molar-refractivity contribution >= 4 is 17.3 Å². The Morgan fingerprint density at radius 2 is 2.47 bits per heavy atom. The maximum Gasteiger partial charge on any atom is 0.169 e. The summed E-state index contributed by atoms with van der Waals surface area (Å²) in [5.74, 6) is 0. The Kier molecular flexibility index (Phi) is 3.13. The number of nitrogens with one attached hydrogen (secondary N) is 1. The molecular formula is C10H13N3OS. The van der Waals surface area contributed by atoms with Crippen molar-refractivity contribution < 1.29 is 5.11 Å². The molecule has 0 saturated carbocycles. The van der Waals surface area contributed by atoms with E-state index in [9.17, 15) is 5.11 Å². The first-order chi connectivity index (χ1) is 7.27. The van der Waals surface area contributed by atoms with E-state index in [0.29, 0.717) is 17.4 Å². The minimum absolute atomic E-state index is 0.503. The van der Waals surface area contributed by atoms with Crippen LogP contribution in [0, 0.1) is 0 Å². The first-order valence-electron chi connectivity index (χ1n) is 4.89. The molecule has 2 rings (SSSR count). The third kappa shape index (κ3) is 2.43. The summed E-state index contributed by atoms with van der Waals surface area (Å²) in [6.45, 7) is 2.21. The lowest BCUT2D eigenvalue weighted by molar-refractivity contribution is 0.144. The number of hydrogen-bond acceptors (Lipinski definition) is 3. The smallest absolute Gasteiger partial charge is 0.169 e. The molecule has 80 valence electrons. The van der Waals surface area contributed by atoms with Gasteiger partial charge in [-0.15, -0.1) is 0 Å². The monoisotopic (exact) mass is 223 g/mol. The normalized spacial score (nSPS) is 17.7. The van der Waals surface area contributed by atoms with E-state index >= 15 is 0 Å². The van der Waals surface area contributed by atoms with Crippen LogP contribution in [0.3, 0.4) is 0 Å². The van der Waals surface area contributed by atoms with Gasteiger partial charge in [0.15, 0.2) is 5.11 Å². The molecule has 0 aliphatic carbocycles. The summed E-state index contributed by atoms with van der Waals surface area (Å²) in [6.07, 6.45) is 1.10. The molecule has 1 fully saturated rings. The van der Waals surface area contributed by atoms with Crippen LogP contribution in [-0.2, 0) is 0 Å². The summed E-state index contributed by atoms with van der Waals surface area (Å²) in [7, 11) is 0. The van der Waals surface area contributed by atoms with Gasteiger partial charge in [0, 0.05) is 19.3 Å². The number of aliphatic hydroxyl groups is 1. The third-order valence-electron chi connectivity index (χ3n) is 2.37. The van der Waals surface area contributed by atoms with E-state index in [-0.39, 0.29) is 0 Å². The highest BCUT2D eigenvalue weighted by Gasteiger charge is 2.20. The van der Waals surface area contributed by atoms with Gasteiger partial charge in [-0.2, -0.15) is 0 Å². The molecular weight excluding hydrogens is 210 g/mol. The van der Waals surface area contributed by atoms with Crippen molar-refractivity contribution in [2.24, 2.45) is 0 Å². The Labute approximate surface area is 93.9 Å². The molecule has 1 atom stereocenters. The number of aliphatic hydroxyl groups excluding tert-OH is 1. The van der Waals surface area contributed by atoms with Crippen molar-refractivity contribution in [1.82, 2.24) is 15.2 Å². The Bertz CT molecular complexity index is 344. The van der Waals surface area contributed by atoms with Crippen molar-refractivity contribution in [3.8, 4) is 0 Å². The highest BCUT2D eigenvalue weighted by molar-refractivity contribution is 7.80. The summed E-state index contributed by atoms with van der Waals surface area (Å²) >= 11 is 5.09. The first kappa shape index (κ1) is 10.3.